The summed E-state index contributed by atoms with van der Waals surface area (Å²) < 4.78 is 0. The zero-order valence-corrected chi connectivity index (χ0v) is 11.8. The molecule has 0 radical (unpaired) electrons. The van der Waals surface area contributed by atoms with Gasteiger partial charge in [0.25, 0.3) is 0 Å². The molecule has 3 rings (SSSR count). The highest BCUT2D eigenvalue weighted by atomic mass is 32.1. The van der Waals surface area contributed by atoms with Crippen LogP contribution < -0.4 is 0 Å². The third-order valence-corrected chi connectivity index (χ3v) is 4.24. The van der Waals surface area contributed by atoms with Gasteiger partial charge in [-0.3, -0.25) is 0 Å². The number of thiophene rings is 1. The largest absolute Gasteiger partial charge is 0.368 e. The second-order valence-electron chi connectivity index (χ2n) is 4.40. The van der Waals surface area contributed by atoms with Crippen LogP contribution in [0.3, 0.4) is 0 Å². The molecule has 2 aromatic rings. The number of aryl methyl sites for hydroxylation is 1. The molecule has 0 N–H and O–H groups in total. The van der Waals surface area contributed by atoms with E-state index in [1.165, 1.54) is 4.88 Å². The van der Waals surface area contributed by atoms with Crippen molar-refractivity contribution in [2.24, 2.45) is 5.16 Å². The highest BCUT2D eigenvalue weighted by molar-refractivity contribution is 7.12. The Morgan fingerprint density at radius 3 is 2.70 bits per heavy atom. The molecule has 0 fully saturated rings. The van der Waals surface area contributed by atoms with Crippen LogP contribution in [0.4, 0.5) is 0 Å². The molecule has 0 spiro atoms. The van der Waals surface area contributed by atoms with E-state index in [0.29, 0.717) is 11.3 Å². The van der Waals surface area contributed by atoms with Gasteiger partial charge in [-0.25, -0.2) is 4.79 Å². The van der Waals surface area contributed by atoms with E-state index in [4.69, 9.17) is 4.84 Å². The Labute approximate surface area is 121 Å². The predicted molar refractivity (Wildman–Crippen MR) is 80.7 cm³/mol. The fourth-order valence-electron chi connectivity index (χ4n) is 2.02. The first-order valence-electron chi connectivity index (χ1n) is 6.43. The quantitative estimate of drug-likeness (QED) is 0.637. The summed E-state index contributed by atoms with van der Waals surface area (Å²) in [7, 11) is 0. The SMILES string of the molecule is CCc1ccc(/C=C2/C(=O)ON=C2c2ccccc2)s1. The maximum Gasteiger partial charge on any atom is 0.368 e. The Morgan fingerprint density at radius 2 is 2.00 bits per heavy atom. The van der Waals surface area contributed by atoms with E-state index < -0.39 is 5.97 Å². The topological polar surface area (TPSA) is 38.7 Å². The fraction of sp³-hybridized carbons (Fsp3) is 0.125. The number of nitrogens with zero attached hydrogens (tertiary/aromatic N) is 1. The maximum absolute atomic E-state index is 11.8. The first kappa shape index (κ1) is 12.8. The smallest absolute Gasteiger partial charge is 0.312 e. The van der Waals surface area contributed by atoms with Gasteiger partial charge in [-0.1, -0.05) is 42.4 Å². The zero-order chi connectivity index (χ0) is 13.9. The summed E-state index contributed by atoms with van der Waals surface area (Å²) in [4.78, 5) is 19.0. The number of hydrogen-bond acceptors (Lipinski definition) is 4. The molecule has 1 aromatic heterocycles. The number of benzene rings is 1. The van der Waals surface area contributed by atoms with Crippen LogP contribution in [0.25, 0.3) is 6.08 Å². The Hall–Kier alpha value is -2.20. The Balaban J connectivity index is 1.98. The van der Waals surface area contributed by atoms with Gasteiger partial charge in [0.05, 0.1) is 5.57 Å². The molecule has 0 amide bonds. The van der Waals surface area contributed by atoms with E-state index in [0.717, 1.165) is 16.9 Å². The van der Waals surface area contributed by atoms with Crippen LogP contribution in [0.15, 0.2) is 53.2 Å². The molecule has 3 nitrogen and oxygen atoms in total. The molecule has 0 saturated heterocycles. The molecular formula is C16H13NO2S. The predicted octanol–water partition coefficient (Wildman–Crippen LogP) is 3.66. The molecule has 1 aliphatic heterocycles. The van der Waals surface area contributed by atoms with Gasteiger partial charge in [-0.05, 0) is 24.6 Å². The van der Waals surface area contributed by atoms with Crippen molar-refractivity contribution in [1.29, 1.82) is 0 Å². The number of carbonyl (C=O) groups is 1. The van der Waals surface area contributed by atoms with E-state index in [2.05, 4.69) is 18.1 Å². The normalized spacial score (nSPS) is 16.4. The van der Waals surface area contributed by atoms with Crippen LogP contribution in [0.1, 0.15) is 22.2 Å². The minimum Gasteiger partial charge on any atom is -0.312 e. The van der Waals surface area contributed by atoms with Crippen molar-refractivity contribution in [3.8, 4) is 0 Å². The molecule has 0 aliphatic carbocycles. The van der Waals surface area contributed by atoms with Gasteiger partial charge in [-0.2, -0.15) is 0 Å². The van der Waals surface area contributed by atoms with Crippen molar-refractivity contribution in [3.05, 3.63) is 63.4 Å². The molecule has 4 heteroatoms. The van der Waals surface area contributed by atoms with Crippen molar-refractivity contribution in [1.82, 2.24) is 0 Å². The van der Waals surface area contributed by atoms with Crippen LogP contribution >= 0.6 is 11.3 Å². The van der Waals surface area contributed by atoms with E-state index in [9.17, 15) is 4.79 Å². The van der Waals surface area contributed by atoms with Gasteiger partial charge in [0.1, 0.15) is 5.71 Å². The average Bonchev–Trinajstić information content (AvgIpc) is 3.08. The van der Waals surface area contributed by atoms with Crippen molar-refractivity contribution in [2.45, 2.75) is 13.3 Å². The fourth-order valence-corrected chi connectivity index (χ4v) is 2.91. The third kappa shape index (κ3) is 2.42. The van der Waals surface area contributed by atoms with Crippen LogP contribution in [-0.2, 0) is 16.1 Å². The molecule has 100 valence electrons. The zero-order valence-electron chi connectivity index (χ0n) is 11.0. The van der Waals surface area contributed by atoms with Crippen molar-refractivity contribution < 1.29 is 9.63 Å². The summed E-state index contributed by atoms with van der Waals surface area (Å²) in [6, 6.07) is 13.7. The van der Waals surface area contributed by atoms with E-state index in [1.807, 2.05) is 42.5 Å². The lowest BCUT2D eigenvalue weighted by Gasteiger charge is -1.98. The molecule has 0 saturated carbocycles. The molecule has 0 unspecified atom stereocenters. The molecule has 2 heterocycles. The third-order valence-electron chi connectivity index (χ3n) is 3.06. The highest BCUT2D eigenvalue weighted by Crippen LogP contribution is 2.24. The van der Waals surface area contributed by atoms with E-state index in [1.54, 1.807) is 11.3 Å². The van der Waals surface area contributed by atoms with Gasteiger partial charge in [0.15, 0.2) is 0 Å². The van der Waals surface area contributed by atoms with Crippen LogP contribution in [-0.4, -0.2) is 11.7 Å². The standard InChI is InChI=1S/C16H13NO2S/c1-2-12-8-9-13(20-12)10-14-15(17-19-16(14)18)11-6-4-3-5-7-11/h3-10H,2H2,1H3/b14-10+. The average molecular weight is 283 g/mol. The number of hydrogen-bond donors (Lipinski definition) is 0. The summed E-state index contributed by atoms with van der Waals surface area (Å²) in [5.41, 5.74) is 2.00. The lowest BCUT2D eigenvalue weighted by molar-refractivity contribution is -0.136. The van der Waals surface area contributed by atoms with Gasteiger partial charge in [0, 0.05) is 15.3 Å². The Bertz CT molecular complexity index is 698. The second-order valence-corrected chi connectivity index (χ2v) is 5.60. The summed E-state index contributed by atoms with van der Waals surface area (Å²) in [5.74, 6) is -0.393. The van der Waals surface area contributed by atoms with E-state index in [-0.39, 0.29) is 0 Å². The van der Waals surface area contributed by atoms with Crippen LogP contribution in [0, 0.1) is 0 Å². The first-order valence-corrected chi connectivity index (χ1v) is 7.25. The molecule has 1 aromatic carbocycles. The molecule has 0 bridgehead atoms. The lowest BCUT2D eigenvalue weighted by Crippen LogP contribution is -2.06. The molecule has 20 heavy (non-hydrogen) atoms. The lowest BCUT2D eigenvalue weighted by atomic mass is 10.0. The van der Waals surface area contributed by atoms with Gasteiger partial charge in [0.2, 0.25) is 0 Å². The summed E-state index contributed by atoms with van der Waals surface area (Å²) >= 11 is 1.68. The van der Waals surface area contributed by atoms with Crippen molar-refractivity contribution >= 4 is 29.1 Å². The Morgan fingerprint density at radius 1 is 1.20 bits per heavy atom. The minimum atomic E-state index is -0.393. The van der Waals surface area contributed by atoms with Crippen LogP contribution in [0.5, 0.6) is 0 Å². The molecular weight excluding hydrogens is 270 g/mol. The van der Waals surface area contributed by atoms with E-state index >= 15 is 0 Å². The number of carbonyl (C=O) groups excluding carboxylic acids is 1. The minimum absolute atomic E-state index is 0.393. The highest BCUT2D eigenvalue weighted by Gasteiger charge is 2.26. The van der Waals surface area contributed by atoms with Crippen molar-refractivity contribution in [3.63, 3.8) is 0 Å². The van der Waals surface area contributed by atoms with Crippen molar-refractivity contribution in [2.75, 3.05) is 0 Å². The molecule has 1 aliphatic rings. The van der Waals surface area contributed by atoms with Gasteiger partial charge < -0.3 is 4.84 Å². The van der Waals surface area contributed by atoms with Gasteiger partial charge >= 0.3 is 5.97 Å². The number of rotatable bonds is 3. The monoisotopic (exact) mass is 283 g/mol. The Kier molecular flexibility index (Phi) is 3.48. The summed E-state index contributed by atoms with van der Waals surface area (Å²) in [6.45, 7) is 2.11. The summed E-state index contributed by atoms with van der Waals surface area (Å²) in [5, 5.41) is 3.89. The van der Waals surface area contributed by atoms with Gasteiger partial charge in [-0.15, -0.1) is 11.3 Å². The number of oxime groups is 1. The maximum atomic E-state index is 11.8. The van der Waals surface area contributed by atoms with Crippen LogP contribution in [0.2, 0.25) is 0 Å². The molecule has 0 atom stereocenters. The first-order chi connectivity index (χ1) is 9.78. The summed E-state index contributed by atoms with van der Waals surface area (Å²) in [6.07, 6.45) is 2.85. The second kappa shape index (κ2) is 5.43.